The normalized spacial score (nSPS) is 15.2. The summed E-state index contributed by atoms with van der Waals surface area (Å²) in [5, 5.41) is 8.75. The molecule has 1 aromatic carbocycles. The maximum absolute atomic E-state index is 13.0. The minimum atomic E-state index is -3.68. The van der Waals surface area contributed by atoms with E-state index in [-0.39, 0.29) is 23.1 Å². The quantitative estimate of drug-likeness (QED) is 0.670. The first kappa shape index (κ1) is 12.6. The van der Waals surface area contributed by atoms with Crippen molar-refractivity contribution in [3.05, 3.63) is 30.1 Å². The van der Waals surface area contributed by atoms with Crippen molar-refractivity contribution in [1.82, 2.24) is 20.2 Å². The third kappa shape index (κ3) is 2.01. The second-order valence-corrected chi connectivity index (χ2v) is 4.48. The van der Waals surface area contributed by atoms with Crippen molar-refractivity contribution in [2.75, 3.05) is 5.32 Å². The number of halogens is 2. The van der Waals surface area contributed by atoms with Crippen molar-refractivity contribution in [3.63, 3.8) is 0 Å². The number of alkyl halides is 2. The number of hydrogen-bond donors (Lipinski definition) is 3. The molecule has 0 radical (unpaired) electrons. The zero-order chi connectivity index (χ0) is 15.3. The number of nitrogens with zero attached hydrogens (tertiary/aromatic N) is 2. The van der Waals surface area contributed by atoms with E-state index in [0.29, 0.717) is 11.0 Å². The molecule has 0 fully saturated rings. The minimum absolute atomic E-state index is 0.105. The van der Waals surface area contributed by atoms with Crippen molar-refractivity contribution in [3.8, 4) is 11.5 Å². The highest BCUT2D eigenvalue weighted by Gasteiger charge is 2.43. The van der Waals surface area contributed by atoms with Gasteiger partial charge in [-0.15, -0.1) is 8.78 Å². The number of amides is 1. The second-order valence-electron chi connectivity index (χ2n) is 4.48. The molecule has 3 aromatic rings. The van der Waals surface area contributed by atoms with Gasteiger partial charge in [-0.25, -0.2) is 4.98 Å². The van der Waals surface area contributed by atoms with Gasteiger partial charge in [-0.1, -0.05) is 0 Å². The maximum atomic E-state index is 13.0. The fraction of sp³-hybridized carbons (Fsp3) is 0.0833. The summed E-state index contributed by atoms with van der Waals surface area (Å²) in [6.45, 7) is 0. The number of aromatic nitrogens is 4. The molecule has 1 aliphatic rings. The molecule has 0 atom stereocenters. The Morgan fingerprint density at radius 3 is 2.77 bits per heavy atom. The monoisotopic (exact) mass is 307 g/mol. The number of ether oxygens (including phenoxy) is 2. The molecule has 3 heterocycles. The topological polar surface area (TPSA) is 105 Å². The number of nitrogens with one attached hydrogen (secondary N) is 3. The van der Waals surface area contributed by atoms with Crippen LogP contribution < -0.4 is 14.8 Å². The van der Waals surface area contributed by atoms with Gasteiger partial charge in [0, 0.05) is 18.3 Å². The van der Waals surface area contributed by atoms with Gasteiger partial charge in [0.05, 0.1) is 11.0 Å². The van der Waals surface area contributed by atoms with Gasteiger partial charge in [-0.05, 0) is 6.07 Å². The van der Waals surface area contributed by atoms with Crippen LogP contribution in [0.25, 0.3) is 11.0 Å². The molecule has 0 unspecified atom stereocenters. The van der Waals surface area contributed by atoms with Crippen LogP contribution in [0.1, 0.15) is 10.5 Å². The van der Waals surface area contributed by atoms with Crippen LogP contribution in [-0.4, -0.2) is 32.4 Å². The Kier molecular flexibility index (Phi) is 2.38. The van der Waals surface area contributed by atoms with E-state index in [2.05, 4.69) is 35.0 Å². The zero-order valence-corrected chi connectivity index (χ0v) is 10.7. The van der Waals surface area contributed by atoms with Gasteiger partial charge in [0.2, 0.25) is 5.95 Å². The molecule has 0 spiro atoms. The van der Waals surface area contributed by atoms with Crippen molar-refractivity contribution >= 4 is 22.9 Å². The number of hydrogen-bond acceptors (Lipinski definition) is 5. The van der Waals surface area contributed by atoms with Crippen LogP contribution in [0.5, 0.6) is 11.5 Å². The molecule has 22 heavy (non-hydrogen) atoms. The Balaban J connectivity index is 1.64. The molecule has 2 aromatic heterocycles. The average Bonchev–Trinajstić information content (AvgIpc) is 3.11. The summed E-state index contributed by atoms with van der Waals surface area (Å²) >= 11 is 0. The smallest absolute Gasteiger partial charge is 0.395 e. The molecule has 1 amide bonds. The average molecular weight is 307 g/mol. The molecule has 1 aliphatic heterocycles. The van der Waals surface area contributed by atoms with E-state index < -0.39 is 12.2 Å². The number of imidazole rings is 1. The van der Waals surface area contributed by atoms with Crippen LogP contribution in [-0.2, 0) is 0 Å². The summed E-state index contributed by atoms with van der Waals surface area (Å²) in [6, 6.07) is 4.12. The number of carbonyl (C=O) groups is 1. The van der Waals surface area contributed by atoms with Gasteiger partial charge in [-0.2, -0.15) is 5.10 Å². The Hall–Kier alpha value is -3.17. The number of rotatable bonds is 2. The minimum Gasteiger partial charge on any atom is -0.395 e. The number of carbonyl (C=O) groups excluding carboxylic acids is 1. The van der Waals surface area contributed by atoms with Gasteiger partial charge in [-0.3, -0.25) is 15.2 Å². The zero-order valence-electron chi connectivity index (χ0n) is 10.7. The van der Waals surface area contributed by atoms with Crippen LogP contribution >= 0.6 is 0 Å². The molecular weight excluding hydrogens is 300 g/mol. The Labute approximate surface area is 120 Å². The van der Waals surface area contributed by atoms with E-state index in [1.165, 1.54) is 24.4 Å². The van der Waals surface area contributed by atoms with Crippen molar-refractivity contribution in [2.24, 2.45) is 0 Å². The Bertz CT molecular complexity index is 829. The van der Waals surface area contributed by atoms with Crippen LogP contribution in [0.15, 0.2) is 24.4 Å². The molecule has 0 bridgehead atoms. The van der Waals surface area contributed by atoms with Crippen LogP contribution in [0.3, 0.4) is 0 Å². The number of fused-ring (bicyclic) bond motifs is 2. The largest absolute Gasteiger partial charge is 0.586 e. The van der Waals surface area contributed by atoms with Crippen LogP contribution in [0.2, 0.25) is 0 Å². The summed E-state index contributed by atoms with van der Waals surface area (Å²) in [5.41, 5.74) is 0.948. The van der Waals surface area contributed by atoms with E-state index in [4.69, 9.17) is 0 Å². The standard InChI is InChI=1S/C12H7F2N5O3/c13-12(14)21-8-3-6-7(4-9(8)22-12)17-11(16-6)18-10(20)5-1-2-15-19-5/h1-4H,(H,15,19)(H2,16,17,18,20). The number of benzene rings is 1. The van der Waals surface area contributed by atoms with E-state index in [1.807, 2.05) is 0 Å². The van der Waals surface area contributed by atoms with E-state index in [0.717, 1.165) is 0 Å². The summed E-state index contributed by atoms with van der Waals surface area (Å²) in [7, 11) is 0. The molecule has 0 saturated heterocycles. The molecule has 112 valence electrons. The van der Waals surface area contributed by atoms with Crippen LogP contribution in [0, 0.1) is 0 Å². The molecule has 3 N–H and O–H groups in total. The van der Waals surface area contributed by atoms with E-state index in [1.54, 1.807) is 0 Å². The maximum Gasteiger partial charge on any atom is 0.586 e. The van der Waals surface area contributed by atoms with Gasteiger partial charge >= 0.3 is 6.29 Å². The predicted molar refractivity (Wildman–Crippen MR) is 68.8 cm³/mol. The summed E-state index contributed by atoms with van der Waals surface area (Å²) in [4.78, 5) is 18.7. The Morgan fingerprint density at radius 2 is 2.05 bits per heavy atom. The Morgan fingerprint density at radius 1 is 1.27 bits per heavy atom. The van der Waals surface area contributed by atoms with Gasteiger partial charge in [0.1, 0.15) is 5.69 Å². The first-order valence-electron chi connectivity index (χ1n) is 6.11. The highest BCUT2D eigenvalue weighted by Crippen LogP contribution is 2.42. The van der Waals surface area contributed by atoms with Crippen molar-refractivity contribution in [2.45, 2.75) is 6.29 Å². The number of aromatic amines is 2. The lowest BCUT2D eigenvalue weighted by molar-refractivity contribution is -0.286. The molecule has 0 saturated carbocycles. The van der Waals surface area contributed by atoms with E-state index in [9.17, 15) is 13.6 Å². The highest BCUT2D eigenvalue weighted by atomic mass is 19.3. The molecule has 8 nitrogen and oxygen atoms in total. The van der Waals surface area contributed by atoms with Gasteiger partial charge in [0.25, 0.3) is 5.91 Å². The molecular formula is C12H7F2N5O3. The lowest BCUT2D eigenvalue weighted by Gasteiger charge is -2.04. The van der Waals surface area contributed by atoms with Crippen molar-refractivity contribution < 1.29 is 23.0 Å². The third-order valence-electron chi connectivity index (χ3n) is 2.97. The predicted octanol–water partition coefficient (Wildman–Crippen LogP) is 1.86. The summed E-state index contributed by atoms with van der Waals surface area (Å²) < 4.78 is 34.6. The first-order valence-corrected chi connectivity index (χ1v) is 6.11. The number of anilines is 1. The summed E-state index contributed by atoms with van der Waals surface area (Å²) in [6.07, 6.45) is -2.18. The molecule has 10 heteroatoms. The molecule has 0 aliphatic carbocycles. The van der Waals surface area contributed by atoms with E-state index >= 15 is 0 Å². The lowest BCUT2D eigenvalue weighted by Crippen LogP contribution is -2.25. The highest BCUT2D eigenvalue weighted by molar-refractivity contribution is 6.02. The third-order valence-corrected chi connectivity index (χ3v) is 2.97. The lowest BCUT2D eigenvalue weighted by atomic mass is 10.3. The first-order chi connectivity index (χ1) is 10.5. The fourth-order valence-corrected chi connectivity index (χ4v) is 2.07. The van der Waals surface area contributed by atoms with Crippen molar-refractivity contribution in [1.29, 1.82) is 0 Å². The fourth-order valence-electron chi connectivity index (χ4n) is 2.07. The summed E-state index contributed by atoms with van der Waals surface area (Å²) in [5.74, 6) is -0.536. The SMILES string of the molecule is O=C(Nc1nc2cc3c(cc2[nH]1)OC(F)(F)O3)c1cc[nH]n1. The van der Waals surface area contributed by atoms with Gasteiger partial charge in [0.15, 0.2) is 11.5 Å². The number of H-pyrrole nitrogens is 2. The van der Waals surface area contributed by atoms with Gasteiger partial charge < -0.3 is 14.5 Å². The second kappa shape index (κ2) is 4.16. The van der Waals surface area contributed by atoms with Crippen LogP contribution in [0.4, 0.5) is 14.7 Å². The molecule has 4 rings (SSSR count).